The molecule has 1 atom stereocenters. The molecule has 1 saturated carbocycles. The van der Waals surface area contributed by atoms with Gasteiger partial charge < -0.3 is 24.8 Å². The summed E-state index contributed by atoms with van der Waals surface area (Å²) in [5.74, 6) is 1.76. The van der Waals surface area contributed by atoms with E-state index in [-0.39, 0.29) is 11.5 Å². The highest BCUT2D eigenvalue weighted by atomic mass is 32.1. The van der Waals surface area contributed by atoms with Crippen molar-refractivity contribution in [2.75, 3.05) is 12.4 Å². The zero-order chi connectivity index (χ0) is 22.9. The molecule has 1 fully saturated rings. The fourth-order valence-corrected chi connectivity index (χ4v) is 5.54. The van der Waals surface area contributed by atoms with E-state index in [1.54, 1.807) is 18.4 Å². The quantitative estimate of drug-likeness (QED) is 0.576. The van der Waals surface area contributed by atoms with Gasteiger partial charge in [-0.05, 0) is 57.4 Å². The van der Waals surface area contributed by atoms with Crippen molar-refractivity contribution in [2.24, 2.45) is 0 Å². The topological polar surface area (TPSA) is 135 Å². The highest BCUT2D eigenvalue weighted by molar-refractivity contribution is 7.17. The van der Waals surface area contributed by atoms with E-state index in [2.05, 4.69) is 22.4 Å². The third-order valence-electron chi connectivity index (χ3n) is 6.18. The van der Waals surface area contributed by atoms with Crippen LogP contribution in [0.4, 0.5) is 9.80 Å². The average Bonchev–Trinajstić information content (AvgIpc) is 3.15. The Morgan fingerprint density at radius 3 is 2.69 bits per heavy atom. The van der Waals surface area contributed by atoms with Gasteiger partial charge in [0.05, 0.1) is 11.2 Å². The van der Waals surface area contributed by atoms with E-state index in [4.69, 9.17) is 24.3 Å². The van der Waals surface area contributed by atoms with Crippen LogP contribution in [0.15, 0.2) is 16.2 Å². The van der Waals surface area contributed by atoms with Crippen LogP contribution in [0.5, 0.6) is 0 Å². The van der Waals surface area contributed by atoms with Crippen molar-refractivity contribution in [1.82, 2.24) is 10.1 Å². The number of allylic oxidation sites excluding steroid dienone is 1. The summed E-state index contributed by atoms with van der Waals surface area (Å²) in [5.41, 5.74) is 2.85. The number of nitrogens with zero attached hydrogens (tertiary/aromatic N) is 2. The van der Waals surface area contributed by atoms with Gasteiger partial charge in [0.15, 0.2) is 5.82 Å². The Kier molecular flexibility index (Phi) is 6.34. The van der Waals surface area contributed by atoms with Crippen molar-refractivity contribution in [3.8, 4) is 11.5 Å². The molecule has 0 bridgehead atoms. The van der Waals surface area contributed by atoms with Gasteiger partial charge in [-0.1, -0.05) is 11.2 Å². The first-order valence-electron chi connectivity index (χ1n) is 10.8. The average molecular weight is 462 g/mol. The number of carbonyl (C=O) groups excluding carboxylic acids is 1. The van der Waals surface area contributed by atoms with Gasteiger partial charge in [-0.3, -0.25) is 4.79 Å². The minimum absolute atomic E-state index is 0.00576. The largest absolute Gasteiger partial charge is 0.503 e. The molecule has 32 heavy (non-hydrogen) atoms. The summed E-state index contributed by atoms with van der Waals surface area (Å²) >= 11 is 1.63. The van der Waals surface area contributed by atoms with Crippen LogP contribution in [-0.4, -0.2) is 45.1 Å². The maximum Gasteiger partial charge on any atom is 0.503 e. The number of anilines is 1. The normalized spacial score (nSPS) is 21.9. The van der Waals surface area contributed by atoms with Crippen LogP contribution in [-0.2, 0) is 22.4 Å². The second kappa shape index (κ2) is 9.03. The third kappa shape index (κ3) is 4.86. The number of nitrogens with one attached hydrogen (secondary N) is 1. The number of ether oxygens (including phenoxy) is 1. The fourth-order valence-electron chi connectivity index (χ4n) is 4.13. The number of hydrogen-bond acceptors (Lipinski definition) is 7. The molecule has 0 unspecified atom stereocenters. The standard InChI is InChI=1S/C21H25N3O3S.CH2O3/c1-21(26-2)10-9-14-15(11-21)28-20(23-18(25)13-5-3-4-6-13)16(14)19-22-17(24-27-19)12-7-8-12;2-1(3)4/h5,12H,3-4,6-11H2,1-2H3,(H,23,25);(H2,2,3,4)/t21-;/m0./s1. The first-order valence-corrected chi connectivity index (χ1v) is 11.6. The number of amides is 1. The molecule has 2 heterocycles. The van der Waals surface area contributed by atoms with Crippen molar-refractivity contribution in [3.05, 3.63) is 27.9 Å². The van der Waals surface area contributed by atoms with Crippen LogP contribution in [0.1, 0.15) is 67.6 Å². The van der Waals surface area contributed by atoms with Gasteiger partial charge in [0.25, 0.3) is 11.8 Å². The lowest BCUT2D eigenvalue weighted by Gasteiger charge is -2.32. The van der Waals surface area contributed by atoms with Crippen LogP contribution >= 0.6 is 11.3 Å². The highest BCUT2D eigenvalue weighted by Crippen LogP contribution is 2.47. The molecular formula is C22H27N3O6S. The van der Waals surface area contributed by atoms with Crippen molar-refractivity contribution in [3.63, 3.8) is 0 Å². The van der Waals surface area contributed by atoms with Crippen LogP contribution in [0.25, 0.3) is 11.5 Å². The summed E-state index contributed by atoms with van der Waals surface area (Å²) in [7, 11) is 1.77. The van der Waals surface area contributed by atoms with Gasteiger partial charge in [-0.2, -0.15) is 4.98 Å². The molecule has 172 valence electrons. The van der Waals surface area contributed by atoms with Gasteiger partial charge in [-0.25, -0.2) is 4.79 Å². The van der Waals surface area contributed by atoms with Crippen molar-refractivity contribution >= 4 is 28.4 Å². The van der Waals surface area contributed by atoms with E-state index in [0.717, 1.165) is 73.3 Å². The van der Waals surface area contributed by atoms with E-state index < -0.39 is 6.16 Å². The monoisotopic (exact) mass is 461 g/mol. The Bertz CT molecular complexity index is 1050. The van der Waals surface area contributed by atoms with Gasteiger partial charge in [0.1, 0.15) is 5.00 Å². The van der Waals surface area contributed by atoms with E-state index in [1.807, 2.05) is 6.08 Å². The van der Waals surface area contributed by atoms with Crippen LogP contribution in [0.3, 0.4) is 0 Å². The first kappa shape index (κ1) is 22.5. The summed E-state index contributed by atoms with van der Waals surface area (Å²) in [6.07, 6.45) is 8.00. The number of methoxy groups -OCH3 is 1. The summed E-state index contributed by atoms with van der Waals surface area (Å²) in [6, 6.07) is 0. The maximum absolute atomic E-state index is 12.8. The minimum atomic E-state index is -1.83. The smallest absolute Gasteiger partial charge is 0.450 e. The lowest BCUT2D eigenvalue weighted by Crippen LogP contribution is -2.33. The predicted octanol–water partition coefficient (Wildman–Crippen LogP) is 4.84. The lowest BCUT2D eigenvalue weighted by atomic mass is 9.84. The summed E-state index contributed by atoms with van der Waals surface area (Å²) in [6.45, 7) is 2.15. The molecule has 10 heteroatoms. The van der Waals surface area contributed by atoms with E-state index >= 15 is 0 Å². The third-order valence-corrected chi connectivity index (χ3v) is 7.33. The van der Waals surface area contributed by atoms with Crippen molar-refractivity contribution in [2.45, 2.75) is 69.8 Å². The second-order valence-corrected chi connectivity index (χ2v) is 9.73. The molecule has 0 radical (unpaired) electrons. The highest BCUT2D eigenvalue weighted by Gasteiger charge is 2.36. The molecule has 0 spiro atoms. The van der Waals surface area contributed by atoms with Gasteiger partial charge in [0.2, 0.25) is 0 Å². The molecule has 0 aliphatic heterocycles. The molecule has 2 aromatic rings. The molecule has 0 aromatic carbocycles. The van der Waals surface area contributed by atoms with E-state index in [1.165, 1.54) is 10.4 Å². The second-order valence-electron chi connectivity index (χ2n) is 8.63. The Morgan fingerprint density at radius 1 is 1.31 bits per heavy atom. The molecule has 3 aliphatic carbocycles. The number of carbonyl (C=O) groups is 2. The lowest BCUT2D eigenvalue weighted by molar-refractivity contribution is -0.112. The van der Waals surface area contributed by atoms with Gasteiger partial charge in [0, 0.05) is 29.9 Å². The maximum atomic E-state index is 12.8. The van der Waals surface area contributed by atoms with Gasteiger partial charge >= 0.3 is 6.16 Å². The molecule has 1 amide bonds. The molecule has 3 aliphatic rings. The van der Waals surface area contributed by atoms with Crippen molar-refractivity contribution in [1.29, 1.82) is 0 Å². The SMILES string of the molecule is CO[C@@]1(C)CCc2c(sc(NC(=O)C3=CCCC3)c2-c2nc(C3CC3)no2)C1.O=C(O)O. The number of hydrogen-bond donors (Lipinski definition) is 3. The Labute approximate surface area is 189 Å². The number of rotatable bonds is 5. The predicted molar refractivity (Wildman–Crippen MR) is 118 cm³/mol. The number of carboxylic acid groups (broad SMARTS) is 2. The molecule has 9 nitrogen and oxygen atoms in total. The molecule has 0 saturated heterocycles. The molecule has 2 aromatic heterocycles. The number of fused-ring (bicyclic) bond motifs is 1. The molecular weight excluding hydrogens is 434 g/mol. The minimum Gasteiger partial charge on any atom is -0.450 e. The number of aromatic nitrogens is 2. The zero-order valence-electron chi connectivity index (χ0n) is 18.1. The van der Waals surface area contributed by atoms with E-state index in [9.17, 15) is 4.79 Å². The Morgan fingerprint density at radius 2 is 2.06 bits per heavy atom. The number of thiophene rings is 1. The van der Waals surface area contributed by atoms with E-state index in [0.29, 0.717) is 11.8 Å². The van der Waals surface area contributed by atoms with Crippen LogP contribution in [0, 0.1) is 0 Å². The zero-order valence-corrected chi connectivity index (χ0v) is 19.0. The Hall–Kier alpha value is -2.72. The summed E-state index contributed by atoms with van der Waals surface area (Å²) < 4.78 is 11.4. The van der Waals surface area contributed by atoms with Crippen LogP contribution < -0.4 is 5.32 Å². The summed E-state index contributed by atoms with van der Waals surface area (Å²) in [5, 5.41) is 22.1. The molecule has 5 rings (SSSR count). The fraction of sp³-hybridized carbons (Fsp3) is 0.545. The summed E-state index contributed by atoms with van der Waals surface area (Å²) in [4.78, 5) is 27.2. The van der Waals surface area contributed by atoms with Gasteiger partial charge in [-0.15, -0.1) is 11.3 Å². The Balaban J connectivity index is 0.000000567. The first-order chi connectivity index (χ1) is 15.3. The van der Waals surface area contributed by atoms with Crippen molar-refractivity contribution < 1.29 is 29.1 Å². The van der Waals surface area contributed by atoms with Crippen LogP contribution in [0.2, 0.25) is 0 Å². The molecule has 3 N–H and O–H groups in total.